The summed E-state index contributed by atoms with van der Waals surface area (Å²) >= 11 is 0. The van der Waals surface area contributed by atoms with Gasteiger partial charge >= 0.3 is 0 Å². The Morgan fingerprint density at radius 1 is 0.952 bits per heavy atom. The zero-order valence-corrected chi connectivity index (χ0v) is 11.7. The molecule has 0 atom stereocenters. The molecule has 112 valence electrons. The van der Waals surface area contributed by atoms with Gasteiger partial charge in [0.1, 0.15) is 0 Å². The minimum Gasteiger partial charge on any atom is -0.370 e. The van der Waals surface area contributed by atoms with Crippen molar-refractivity contribution in [2.24, 2.45) is 27.2 Å². The second-order valence-corrected chi connectivity index (χ2v) is 3.93. The standard InChI is InChI=1S/C12H17N7O2/c1-16-9(20)6-3-7(10(21)17-2)5-8(4-6)18-12(15)19-11(13)14/h3-5H,1-2H3,(H,16,20)(H,17,21)(H6,13,14,15,18,19). The van der Waals surface area contributed by atoms with Gasteiger partial charge in [-0.1, -0.05) is 0 Å². The van der Waals surface area contributed by atoms with Crippen molar-refractivity contribution in [2.45, 2.75) is 0 Å². The lowest BCUT2D eigenvalue weighted by atomic mass is 10.1. The van der Waals surface area contributed by atoms with Crippen LogP contribution >= 0.6 is 0 Å². The van der Waals surface area contributed by atoms with E-state index in [1.165, 1.54) is 32.3 Å². The maximum absolute atomic E-state index is 11.7. The number of benzene rings is 1. The first-order valence-corrected chi connectivity index (χ1v) is 5.90. The number of rotatable bonds is 3. The molecule has 0 aliphatic rings. The topological polar surface area (TPSA) is 161 Å². The first-order chi connectivity index (χ1) is 9.87. The molecule has 9 nitrogen and oxygen atoms in total. The number of amides is 2. The fourth-order valence-corrected chi connectivity index (χ4v) is 1.52. The maximum atomic E-state index is 11.7. The molecule has 0 aliphatic carbocycles. The van der Waals surface area contributed by atoms with Gasteiger partial charge in [0.2, 0.25) is 5.96 Å². The van der Waals surface area contributed by atoms with Gasteiger partial charge in [0.05, 0.1) is 5.69 Å². The number of nitrogens with zero attached hydrogens (tertiary/aromatic N) is 2. The van der Waals surface area contributed by atoms with Gasteiger partial charge < -0.3 is 27.8 Å². The number of aliphatic imine (C=N–C) groups is 2. The number of nitrogens with two attached hydrogens (primary N) is 3. The van der Waals surface area contributed by atoms with E-state index in [0.29, 0.717) is 0 Å². The van der Waals surface area contributed by atoms with E-state index >= 15 is 0 Å². The van der Waals surface area contributed by atoms with Crippen LogP contribution in [0.3, 0.4) is 0 Å². The van der Waals surface area contributed by atoms with Crippen molar-refractivity contribution in [1.29, 1.82) is 0 Å². The average Bonchev–Trinajstić information content (AvgIpc) is 2.44. The highest BCUT2D eigenvalue weighted by Gasteiger charge is 2.11. The molecule has 0 fully saturated rings. The Morgan fingerprint density at radius 2 is 1.43 bits per heavy atom. The lowest BCUT2D eigenvalue weighted by molar-refractivity contribution is 0.0962. The molecular weight excluding hydrogens is 274 g/mol. The van der Waals surface area contributed by atoms with Crippen LogP contribution in [0.25, 0.3) is 0 Å². The lowest BCUT2D eigenvalue weighted by Crippen LogP contribution is -2.26. The van der Waals surface area contributed by atoms with E-state index in [4.69, 9.17) is 17.2 Å². The molecule has 1 rings (SSSR count). The fraction of sp³-hybridized carbons (Fsp3) is 0.167. The van der Waals surface area contributed by atoms with Crippen LogP contribution in [-0.2, 0) is 0 Å². The quantitative estimate of drug-likeness (QED) is 0.342. The summed E-state index contributed by atoms with van der Waals surface area (Å²) < 4.78 is 0. The number of nitrogens with one attached hydrogen (secondary N) is 2. The molecule has 1 aromatic carbocycles. The number of carbonyl (C=O) groups is 2. The minimum atomic E-state index is -0.363. The third-order valence-corrected chi connectivity index (χ3v) is 2.38. The highest BCUT2D eigenvalue weighted by atomic mass is 16.2. The lowest BCUT2D eigenvalue weighted by Gasteiger charge is -2.06. The van der Waals surface area contributed by atoms with Gasteiger partial charge in [0, 0.05) is 25.2 Å². The van der Waals surface area contributed by atoms with Gasteiger partial charge in [-0.3, -0.25) is 9.59 Å². The van der Waals surface area contributed by atoms with Crippen LogP contribution in [0.4, 0.5) is 5.69 Å². The van der Waals surface area contributed by atoms with E-state index in [1.807, 2.05) is 0 Å². The predicted molar refractivity (Wildman–Crippen MR) is 80.3 cm³/mol. The van der Waals surface area contributed by atoms with Gasteiger partial charge in [-0.05, 0) is 18.2 Å². The number of guanidine groups is 2. The third-order valence-electron chi connectivity index (χ3n) is 2.38. The van der Waals surface area contributed by atoms with Crippen molar-refractivity contribution in [2.75, 3.05) is 14.1 Å². The summed E-state index contributed by atoms with van der Waals surface area (Å²) in [6, 6.07) is 4.36. The Bertz CT molecular complexity index is 584. The summed E-state index contributed by atoms with van der Waals surface area (Å²) in [6.07, 6.45) is 0. The SMILES string of the molecule is CNC(=O)c1cc(N=C(N)N=C(N)N)cc(C(=O)NC)c1. The van der Waals surface area contributed by atoms with E-state index in [0.717, 1.165) is 0 Å². The summed E-state index contributed by atoms with van der Waals surface area (Å²) in [5.74, 6) is -1.16. The zero-order valence-electron chi connectivity index (χ0n) is 11.7. The number of hydrogen-bond donors (Lipinski definition) is 5. The van der Waals surface area contributed by atoms with Gasteiger partial charge in [0.15, 0.2) is 5.96 Å². The maximum Gasteiger partial charge on any atom is 0.251 e. The first kappa shape index (κ1) is 16.0. The third kappa shape index (κ3) is 4.49. The first-order valence-electron chi connectivity index (χ1n) is 5.90. The van der Waals surface area contributed by atoms with Crippen LogP contribution < -0.4 is 27.8 Å². The van der Waals surface area contributed by atoms with E-state index in [1.54, 1.807) is 0 Å². The molecular formula is C12H17N7O2. The van der Waals surface area contributed by atoms with Crippen LogP contribution in [0.1, 0.15) is 20.7 Å². The van der Waals surface area contributed by atoms with Crippen molar-refractivity contribution in [3.63, 3.8) is 0 Å². The molecule has 0 radical (unpaired) electrons. The predicted octanol–water partition coefficient (Wildman–Crippen LogP) is -1.37. The molecule has 0 bridgehead atoms. The molecule has 0 saturated carbocycles. The highest BCUT2D eigenvalue weighted by Crippen LogP contribution is 2.18. The molecule has 0 aromatic heterocycles. The minimum absolute atomic E-state index is 0.188. The molecule has 8 N–H and O–H groups in total. The van der Waals surface area contributed by atoms with E-state index in [9.17, 15) is 9.59 Å². The Kier molecular flexibility index (Phi) is 5.24. The number of hydrogen-bond acceptors (Lipinski definition) is 3. The van der Waals surface area contributed by atoms with Gasteiger partial charge in [-0.25, -0.2) is 4.99 Å². The Balaban J connectivity index is 3.34. The summed E-state index contributed by atoms with van der Waals surface area (Å²) in [5.41, 5.74) is 16.7. The molecule has 1 aromatic rings. The molecule has 0 saturated heterocycles. The molecule has 0 unspecified atom stereocenters. The molecule has 0 heterocycles. The smallest absolute Gasteiger partial charge is 0.251 e. The monoisotopic (exact) mass is 291 g/mol. The van der Waals surface area contributed by atoms with Crippen LogP contribution in [0, 0.1) is 0 Å². The van der Waals surface area contributed by atoms with E-state index < -0.39 is 0 Å². The Hall–Kier alpha value is -3.10. The van der Waals surface area contributed by atoms with Gasteiger partial charge in [0.25, 0.3) is 11.8 Å². The fourth-order valence-electron chi connectivity index (χ4n) is 1.52. The van der Waals surface area contributed by atoms with Crippen LogP contribution in [0.2, 0.25) is 0 Å². The average molecular weight is 291 g/mol. The van der Waals surface area contributed by atoms with Crippen molar-refractivity contribution in [3.8, 4) is 0 Å². The second-order valence-electron chi connectivity index (χ2n) is 3.93. The largest absolute Gasteiger partial charge is 0.370 e. The molecule has 9 heteroatoms. The summed E-state index contributed by atoms with van der Waals surface area (Å²) in [6.45, 7) is 0. The van der Waals surface area contributed by atoms with Crippen molar-refractivity contribution in [1.82, 2.24) is 10.6 Å². The summed E-state index contributed by atoms with van der Waals surface area (Å²) in [5, 5.41) is 4.92. The van der Waals surface area contributed by atoms with Crippen molar-refractivity contribution < 1.29 is 9.59 Å². The van der Waals surface area contributed by atoms with E-state index in [-0.39, 0.29) is 40.5 Å². The molecule has 0 aliphatic heterocycles. The molecule has 0 spiro atoms. The molecule has 2 amide bonds. The molecule has 21 heavy (non-hydrogen) atoms. The Morgan fingerprint density at radius 3 is 1.81 bits per heavy atom. The van der Waals surface area contributed by atoms with Crippen LogP contribution in [0.15, 0.2) is 28.2 Å². The van der Waals surface area contributed by atoms with Crippen LogP contribution in [0.5, 0.6) is 0 Å². The van der Waals surface area contributed by atoms with Crippen LogP contribution in [-0.4, -0.2) is 37.8 Å². The highest BCUT2D eigenvalue weighted by molar-refractivity contribution is 6.01. The van der Waals surface area contributed by atoms with Crippen molar-refractivity contribution >= 4 is 29.4 Å². The zero-order chi connectivity index (χ0) is 16.0. The summed E-state index contributed by atoms with van der Waals surface area (Å²) in [4.78, 5) is 30.9. The Labute approximate surface area is 121 Å². The van der Waals surface area contributed by atoms with Gasteiger partial charge in [-0.15, -0.1) is 0 Å². The summed E-state index contributed by atoms with van der Waals surface area (Å²) in [7, 11) is 2.96. The van der Waals surface area contributed by atoms with Gasteiger partial charge in [-0.2, -0.15) is 4.99 Å². The normalized spacial score (nSPS) is 10.7. The second kappa shape index (κ2) is 6.89. The van der Waals surface area contributed by atoms with E-state index in [2.05, 4.69) is 20.6 Å². The number of carbonyl (C=O) groups excluding carboxylic acids is 2. The van der Waals surface area contributed by atoms with Crippen molar-refractivity contribution in [3.05, 3.63) is 29.3 Å².